The Morgan fingerprint density at radius 2 is 1.92 bits per heavy atom. The normalized spacial score (nSPS) is 10.8. The van der Waals surface area contributed by atoms with Gasteiger partial charge in [-0.3, -0.25) is 9.78 Å². The summed E-state index contributed by atoms with van der Waals surface area (Å²) in [5, 5.41) is 5.00. The summed E-state index contributed by atoms with van der Waals surface area (Å²) in [6.45, 7) is 0.580. The fourth-order valence-electron chi connectivity index (χ4n) is 2.96. The van der Waals surface area contributed by atoms with Gasteiger partial charge < -0.3 is 10.3 Å². The van der Waals surface area contributed by atoms with Crippen LogP contribution >= 0.6 is 11.6 Å². The van der Waals surface area contributed by atoms with Gasteiger partial charge in [-0.05, 0) is 41.5 Å². The average Bonchev–Trinajstić information content (AvgIpc) is 2.66. The van der Waals surface area contributed by atoms with Crippen molar-refractivity contribution in [2.24, 2.45) is 0 Å². The van der Waals surface area contributed by atoms with Crippen molar-refractivity contribution in [3.63, 3.8) is 0 Å². The Kier molecular flexibility index (Phi) is 4.42. The lowest BCUT2D eigenvalue weighted by Gasteiger charge is -2.11. The number of anilines is 1. The molecule has 0 saturated heterocycles. The molecular formula is C21H16ClN3O. The molecule has 0 saturated carbocycles. The lowest BCUT2D eigenvalue weighted by molar-refractivity contribution is 1.15. The number of nitrogens with zero attached hydrogens (tertiary/aromatic N) is 1. The van der Waals surface area contributed by atoms with Crippen LogP contribution in [0.4, 0.5) is 5.69 Å². The third kappa shape index (κ3) is 3.46. The van der Waals surface area contributed by atoms with Gasteiger partial charge in [-0.2, -0.15) is 0 Å². The standard InChI is InChI=1S/C21H16ClN3O/c22-17-5-1-3-14(9-17)12-24-20-11-21(26)25-19-7-6-15(10-18(19)20)16-4-2-8-23-13-16/h1-11,13H,12H2,(H2,24,25,26). The highest BCUT2D eigenvalue weighted by Gasteiger charge is 2.06. The van der Waals surface area contributed by atoms with Crippen LogP contribution in [0.3, 0.4) is 0 Å². The van der Waals surface area contributed by atoms with E-state index in [1.54, 1.807) is 12.3 Å². The van der Waals surface area contributed by atoms with Crippen molar-refractivity contribution in [1.82, 2.24) is 9.97 Å². The summed E-state index contributed by atoms with van der Waals surface area (Å²) in [7, 11) is 0. The molecule has 26 heavy (non-hydrogen) atoms. The number of pyridine rings is 2. The summed E-state index contributed by atoms with van der Waals surface area (Å²) in [5.41, 5.74) is 4.56. The Morgan fingerprint density at radius 1 is 1.00 bits per heavy atom. The highest BCUT2D eigenvalue weighted by atomic mass is 35.5. The summed E-state index contributed by atoms with van der Waals surface area (Å²) in [5.74, 6) is 0. The van der Waals surface area contributed by atoms with Crippen molar-refractivity contribution in [3.8, 4) is 11.1 Å². The predicted octanol–water partition coefficient (Wildman–Crippen LogP) is 4.86. The Balaban J connectivity index is 1.74. The van der Waals surface area contributed by atoms with Crippen LogP contribution in [0.15, 0.2) is 77.9 Å². The van der Waals surface area contributed by atoms with Crippen molar-refractivity contribution < 1.29 is 0 Å². The molecule has 2 aromatic carbocycles. The molecule has 2 N–H and O–H groups in total. The van der Waals surface area contributed by atoms with Crippen molar-refractivity contribution in [2.75, 3.05) is 5.32 Å². The Labute approximate surface area is 155 Å². The van der Waals surface area contributed by atoms with Crippen LogP contribution in [0, 0.1) is 0 Å². The number of aromatic amines is 1. The molecule has 2 aromatic heterocycles. The third-order valence-electron chi connectivity index (χ3n) is 4.21. The van der Waals surface area contributed by atoms with Gasteiger partial charge in [-0.1, -0.05) is 35.9 Å². The van der Waals surface area contributed by atoms with Gasteiger partial charge in [0.25, 0.3) is 0 Å². The van der Waals surface area contributed by atoms with Gasteiger partial charge in [0, 0.05) is 46.7 Å². The number of rotatable bonds is 4. The van der Waals surface area contributed by atoms with Crippen LogP contribution < -0.4 is 10.9 Å². The van der Waals surface area contributed by atoms with Gasteiger partial charge in [-0.15, -0.1) is 0 Å². The highest BCUT2D eigenvalue weighted by Crippen LogP contribution is 2.27. The molecule has 4 aromatic rings. The fraction of sp³-hybridized carbons (Fsp3) is 0.0476. The minimum Gasteiger partial charge on any atom is -0.380 e. The molecule has 4 nitrogen and oxygen atoms in total. The largest absolute Gasteiger partial charge is 0.380 e. The van der Waals surface area contributed by atoms with Crippen LogP contribution in [0.25, 0.3) is 22.0 Å². The number of aromatic nitrogens is 2. The molecule has 0 fully saturated rings. The Morgan fingerprint density at radius 3 is 2.73 bits per heavy atom. The van der Waals surface area contributed by atoms with E-state index in [1.807, 2.05) is 54.7 Å². The molecule has 0 atom stereocenters. The zero-order valence-corrected chi connectivity index (χ0v) is 14.6. The lowest BCUT2D eigenvalue weighted by atomic mass is 10.0. The fourth-order valence-corrected chi connectivity index (χ4v) is 3.17. The number of nitrogens with one attached hydrogen (secondary N) is 2. The van der Waals surface area contributed by atoms with Crippen molar-refractivity contribution in [3.05, 3.63) is 94.0 Å². The SMILES string of the molecule is O=c1cc(NCc2cccc(Cl)c2)c2cc(-c3cccnc3)ccc2[nH]1. The van der Waals surface area contributed by atoms with E-state index in [1.165, 1.54) is 0 Å². The van der Waals surface area contributed by atoms with Crippen LogP contribution in [-0.2, 0) is 6.54 Å². The first-order valence-corrected chi connectivity index (χ1v) is 8.63. The lowest BCUT2D eigenvalue weighted by Crippen LogP contribution is -2.08. The van der Waals surface area contributed by atoms with Gasteiger partial charge in [0.2, 0.25) is 5.56 Å². The van der Waals surface area contributed by atoms with Crippen LogP contribution in [0.5, 0.6) is 0 Å². The molecule has 128 valence electrons. The number of halogens is 1. The van der Waals surface area contributed by atoms with E-state index >= 15 is 0 Å². The quantitative estimate of drug-likeness (QED) is 0.546. The van der Waals surface area contributed by atoms with Gasteiger partial charge in [0.15, 0.2) is 0 Å². The van der Waals surface area contributed by atoms with Crippen LogP contribution in [0.2, 0.25) is 5.02 Å². The molecule has 0 amide bonds. The second-order valence-electron chi connectivity index (χ2n) is 6.03. The molecule has 0 bridgehead atoms. The maximum absolute atomic E-state index is 12.0. The molecule has 0 spiro atoms. The molecular weight excluding hydrogens is 346 g/mol. The summed E-state index contributed by atoms with van der Waals surface area (Å²) in [6, 6.07) is 19.1. The van der Waals surface area contributed by atoms with Gasteiger partial charge >= 0.3 is 0 Å². The van der Waals surface area contributed by atoms with Crippen LogP contribution in [0.1, 0.15) is 5.56 Å². The number of hydrogen-bond donors (Lipinski definition) is 2. The number of benzene rings is 2. The molecule has 0 unspecified atom stereocenters. The molecule has 0 aliphatic rings. The third-order valence-corrected chi connectivity index (χ3v) is 4.44. The zero-order chi connectivity index (χ0) is 17.9. The second kappa shape index (κ2) is 7.02. The first kappa shape index (κ1) is 16.4. The van der Waals surface area contributed by atoms with E-state index in [-0.39, 0.29) is 5.56 Å². The number of H-pyrrole nitrogens is 1. The molecule has 5 heteroatoms. The maximum Gasteiger partial charge on any atom is 0.250 e. The van der Waals surface area contributed by atoms with E-state index in [4.69, 9.17) is 11.6 Å². The summed E-state index contributed by atoms with van der Waals surface area (Å²) >= 11 is 6.05. The van der Waals surface area contributed by atoms with Crippen molar-refractivity contribution in [1.29, 1.82) is 0 Å². The first-order valence-electron chi connectivity index (χ1n) is 8.25. The van der Waals surface area contributed by atoms with Gasteiger partial charge in [0.1, 0.15) is 0 Å². The maximum atomic E-state index is 12.0. The van der Waals surface area contributed by atoms with E-state index < -0.39 is 0 Å². The second-order valence-corrected chi connectivity index (χ2v) is 6.47. The summed E-state index contributed by atoms with van der Waals surface area (Å²) in [6.07, 6.45) is 3.58. The zero-order valence-electron chi connectivity index (χ0n) is 13.9. The van der Waals surface area contributed by atoms with Crippen molar-refractivity contribution in [2.45, 2.75) is 6.54 Å². The molecule has 2 heterocycles. The summed E-state index contributed by atoms with van der Waals surface area (Å²) in [4.78, 5) is 19.1. The van der Waals surface area contributed by atoms with Gasteiger partial charge in [-0.25, -0.2) is 0 Å². The predicted molar refractivity (Wildman–Crippen MR) is 107 cm³/mol. The number of fused-ring (bicyclic) bond motifs is 1. The van der Waals surface area contributed by atoms with E-state index in [0.717, 1.165) is 33.3 Å². The van der Waals surface area contributed by atoms with Gasteiger partial charge in [0.05, 0.1) is 5.52 Å². The van der Waals surface area contributed by atoms with E-state index in [9.17, 15) is 4.79 Å². The first-order chi connectivity index (χ1) is 12.7. The molecule has 0 aliphatic carbocycles. The topological polar surface area (TPSA) is 57.8 Å². The molecule has 0 aliphatic heterocycles. The average molecular weight is 362 g/mol. The monoisotopic (exact) mass is 361 g/mol. The molecule has 0 radical (unpaired) electrons. The van der Waals surface area contributed by atoms with E-state index in [0.29, 0.717) is 11.6 Å². The minimum atomic E-state index is -0.139. The smallest absolute Gasteiger partial charge is 0.250 e. The Hall–Kier alpha value is -3.11. The highest BCUT2D eigenvalue weighted by molar-refractivity contribution is 6.30. The minimum absolute atomic E-state index is 0.139. The van der Waals surface area contributed by atoms with Crippen molar-refractivity contribution >= 4 is 28.2 Å². The Bertz CT molecular complexity index is 1120. The summed E-state index contributed by atoms with van der Waals surface area (Å²) < 4.78 is 0. The van der Waals surface area contributed by atoms with Crippen LogP contribution in [-0.4, -0.2) is 9.97 Å². The van der Waals surface area contributed by atoms with E-state index in [2.05, 4.69) is 21.4 Å². The molecule has 4 rings (SSSR count). The number of hydrogen-bond acceptors (Lipinski definition) is 3.